The number of hydrazine groups is 1. The fourth-order valence-electron chi connectivity index (χ4n) is 1.01. The first-order chi connectivity index (χ1) is 5.66. The molecule has 0 radical (unpaired) electrons. The first-order valence-corrected chi connectivity index (χ1v) is 4.74. The van der Waals surface area contributed by atoms with E-state index in [1.165, 1.54) is 0 Å². The van der Waals surface area contributed by atoms with E-state index >= 15 is 0 Å². The van der Waals surface area contributed by atoms with Crippen molar-refractivity contribution in [2.45, 2.75) is 13.0 Å². The zero-order valence-electron chi connectivity index (χ0n) is 6.64. The topological polar surface area (TPSA) is 38.0 Å². The second kappa shape index (κ2) is 4.23. The largest absolute Gasteiger partial charge is 0.271 e. The highest BCUT2D eigenvalue weighted by atomic mass is 79.9. The number of hydrogen-bond acceptors (Lipinski definition) is 2. The molecule has 0 fully saturated rings. The predicted molar refractivity (Wildman–Crippen MR) is 54.9 cm³/mol. The number of nitrogens with two attached hydrogens (primary N) is 1. The van der Waals surface area contributed by atoms with Crippen LogP contribution in [0.5, 0.6) is 0 Å². The standard InChI is InChI=1S/C8H10BrClN2/c1-5(12-11)8-6(9)3-2-4-7(8)10/h2-5,12H,11H2,1H3. The van der Waals surface area contributed by atoms with Crippen molar-refractivity contribution in [2.75, 3.05) is 0 Å². The molecule has 3 N–H and O–H groups in total. The first-order valence-electron chi connectivity index (χ1n) is 3.57. The molecule has 0 saturated carbocycles. The Labute approximate surface area is 85.2 Å². The summed E-state index contributed by atoms with van der Waals surface area (Å²) in [6, 6.07) is 5.72. The highest BCUT2D eigenvalue weighted by Gasteiger charge is 2.10. The number of rotatable bonds is 2. The van der Waals surface area contributed by atoms with Gasteiger partial charge in [-0.05, 0) is 19.1 Å². The third-order valence-electron chi connectivity index (χ3n) is 1.68. The molecule has 0 spiro atoms. The van der Waals surface area contributed by atoms with Gasteiger partial charge < -0.3 is 0 Å². The van der Waals surface area contributed by atoms with E-state index in [9.17, 15) is 0 Å². The number of hydrogen-bond donors (Lipinski definition) is 2. The van der Waals surface area contributed by atoms with E-state index in [4.69, 9.17) is 17.4 Å². The Hall–Kier alpha value is -0.0900. The molecule has 0 saturated heterocycles. The van der Waals surface area contributed by atoms with Crippen molar-refractivity contribution in [2.24, 2.45) is 5.84 Å². The highest BCUT2D eigenvalue weighted by Crippen LogP contribution is 2.29. The van der Waals surface area contributed by atoms with Gasteiger partial charge in [0.1, 0.15) is 0 Å². The van der Waals surface area contributed by atoms with Crippen LogP contribution < -0.4 is 11.3 Å². The van der Waals surface area contributed by atoms with Gasteiger partial charge in [-0.1, -0.05) is 33.6 Å². The minimum atomic E-state index is 0.0491. The van der Waals surface area contributed by atoms with Gasteiger partial charge in [0.25, 0.3) is 0 Å². The zero-order chi connectivity index (χ0) is 9.14. The van der Waals surface area contributed by atoms with Crippen LogP contribution in [-0.4, -0.2) is 0 Å². The van der Waals surface area contributed by atoms with Crippen molar-refractivity contribution in [1.29, 1.82) is 0 Å². The van der Waals surface area contributed by atoms with E-state index in [1.807, 2.05) is 25.1 Å². The van der Waals surface area contributed by atoms with Gasteiger partial charge >= 0.3 is 0 Å². The lowest BCUT2D eigenvalue weighted by molar-refractivity contribution is 0.600. The average molecular weight is 250 g/mol. The molecule has 0 amide bonds. The summed E-state index contributed by atoms with van der Waals surface area (Å²) >= 11 is 9.39. The third kappa shape index (κ3) is 1.98. The minimum Gasteiger partial charge on any atom is -0.271 e. The van der Waals surface area contributed by atoms with Crippen LogP contribution in [0.2, 0.25) is 5.02 Å². The van der Waals surface area contributed by atoms with Crippen LogP contribution >= 0.6 is 27.5 Å². The van der Waals surface area contributed by atoms with Crippen LogP contribution in [0.25, 0.3) is 0 Å². The molecule has 1 aromatic rings. The Kier molecular flexibility index (Phi) is 3.53. The number of benzene rings is 1. The smallest absolute Gasteiger partial charge is 0.0465 e. The predicted octanol–water partition coefficient (Wildman–Crippen LogP) is 2.63. The molecule has 0 heterocycles. The maximum Gasteiger partial charge on any atom is 0.0465 e. The van der Waals surface area contributed by atoms with Crippen LogP contribution in [0.1, 0.15) is 18.5 Å². The van der Waals surface area contributed by atoms with E-state index in [-0.39, 0.29) is 6.04 Å². The molecule has 12 heavy (non-hydrogen) atoms. The Morgan fingerprint density at radius 1 is 1.58 bits per heavy atom. The average Bonchev–Trinajstić information content (AvgIpc) is 2.03. The van der Waals surface area contributed by atoms with Crippen molar-refractivity contribution in [3.8, 4) is 0 Å². The molecule has 0 aromatic heterocycles. The minimum absolute atomic E-state index is 0.0491. The van der Waals surface area contributed by atoms with E-state index in [0.29, 0.717) is 0 Å². The van der Waals surface area contributed by atoms with Crippen molar-refractivity contribution >= 4 is 27.5 Å². The molecule has 1 unspecified atom stereocenters. The summed E-state index contributed by atoms with van der Waals surface area (Å²) in [5.41, 5.74) is 3.64. The highest BCUT2D eigenvalue weighted by molar-refractivity contribution is 9.10. The van der Waals surface area contributed by atoms with Crippen LogP contribution in [0, 0.1) is 0 Å². The lowest BCUT2D eigenvalue weighted by atomic mass is 10.1. The molecule has 0 aliphatic carbocycles. The Morgan fingerprint density at radius 3 is 2.75 bits per heavy atom. The van der Waals surface area contributed by atoms with Crippen LogP contribution in [-0.2, 0) is 0 Å². The van der Waals surface area contributed by atoms with Crippen molar-refractivity contribution < 1.29 is 0 Å². The van der Waals surface area contributed by atoms with Gasteiger partial charge in [0.05, 0.1) is 0 Å². The van der Waals surface area contributed by atoms with Crippen molar-refractivity contribution in [3.05, 3.63) is 33.3 Å². The van der Waals surface area contributed by atoms with Gasteiger partial charge in [-0.3, -0.25) is 11.3 Å². The van der Waals surface area contributed by atoms with Crippen LogP contribution in [0.15, 0.2) is 22.7 Å². The molecule has 0 aliphatic rings. The number of nitrogens with one attached hydrogen (secondary N) is 1. The molecule has 66 valence electrons. The van der Waals surface area contributed by atoms with Crippen molar-refractivity contribution in [3.63, 3.8) is 0 Å². The van der Waals surface area contributed by atoms with Gasteiger partial charge in [0.15, 0.2) is 0 Å². The van der Waals surface area contributed by atoms with Gasteiger partial charge in [0.2, 0.25) is 0 Å². The summed E-state index contributed by atoms with van der Waals surface area (Å²) in [4.78, 5) is 0. The fraction of sp³-hybridized carbons (Fsp3) is 0.250. The van der Waals surface area contributed by atoms with E-state index in [1.54, 1.807) is 0 Å². The monoisotopic (exact) mass is 248 g/mol. The SMILES string of the molecule is CC(NN)c1c(Cl)cccc1Br. The van der Waals surface area contributed by atoms with Gasteiger partial charge in [-0.2, -0.15) is 0 Å². The summed E-state index contributed by atoms with van der Waals surface area (Å²) in [6.45, 7) is 1.95. The summed E-state index contributed by atoms with van der Waals surface area (Å²) in [5, 5.41) is 0.717. The third-order valence-corrected chi connectivity index (χ3v) is 2.70. The molecule has 0 aliphatic heterocycles. The zero-order valence-corrected chi connectivity index (χ0v) is 8.98. The molecule has 1 rings (SSSR count). The molecule has 4 heteroatoms. The van der Waals surface area contributed by atoms with Crippen LogP contribution in [0.4, 0.5) is 0 Å². The second-order valence-corrected chi connectivity index (χ2v) is 3.79. The molecular weight excluding hydrogens is 239 g/mol. The molecule has 1 aromatic carbocycles. The normalized spacial score (nSPS) is 13.0. The molecular formula is C8H10BrClN2. The Balaban J connectivity index is 3.12. The summed E-state index contributed by atoms with van der Waals surface area (Å²) < 4.78 is 0.973. The summed E-state index contributed by atoms with van der Waals surface area (Å²) in [6.07, 6.45) is 0. The van der Waals surface area contributed by atoms with Crippen molar-refractivity contribution in [1.82, 2.24) is 5.43 Å². The lowest BCUT2D eigenvalue weighted by Crippen LogP contribution is -2.26. The molecule has 0 bridgehead atoms. The molecule has 2 nitrogen and oxygen atoms in total. The Morgan fingerprint density at radius 2 is 2.25 bits per heavy atom. The lowest BCUT2D eigenvalue weighted by Gasteiger charge is -2.13. The first kappa shape index (κ1) is 9.99. The summed E-state index contributed by atoms with van der Waals surface area (Å²) in [5.74, 6) is 5.31. The van der Waals surface area contributed by atoms with E-state index in [2.05, 4.69) is 21.4 Å². The van der Waals surface area contributed by atoms with Crippen LogP contribution in [0.3, 0.4) is 0 Å². The van der Waals surface area contributed by atoms with Gasteiger partial charge in [0, 0.05) is 21.1 Å². The summed E-state index contributed by atoms with van der Waals surface area (Å²) in [7, 11) is 0. The molecule has 1 atom stereocenters. The second-order valence-electron chi connectivity index (χ2n) is 2.52. The van der Waals surface area contributed by atoms with Gasteiger partial charge in [-0.25, -0.2) is 0 Å². The quantitative estimate of drug-likeness (QED) is 0.625. The maximum absolute atomic E-state index is 5.98. The van der Waals surface area contributed by atoms with E-state index in [0.717, 1.165) is 15.1 Å². The van der Waals surface area contributed by atoms with Gasteiger partial charge in [-0.15, -0.1) is 0 Å². The van der Waals surface area contributed by atoms with E-state index < -0.39 is 0 Å². The maximum atomic E-state index is 5.98. The fourth-order valence-corrected chi connectivity index (χ4v) is 2.17. The number of halogens is 2. The Bertz CT molecular complexity index is 258.